The highest BCUT2D eigenvalue weighted by Crippen LogP contribution is 2.60. The van der Waals surface area contributed by atoms with E-state index in [-0.39, 0.29) is 17.4 Å². The minimum atomic E-state index is -0.245. The Kier molecular flexibility index (Phi) is 5.12. The molecule has 6 heteroatoms. The fraction of sp³-hybridized carbons (Fsp3) is 0.909. The van der Waals surface area contributed by atoms with Gasteiger partial charge in [-0.25, -0.2) is 0 Å². The van der Waals surface area contributed by atoms with Gasteiger partial charge >= 0.3 is 0 Å². The first kappa shape index (κ1) is 18.9. The van der Waals surface area contributed by atoms with Gasteiger partial charge in [-0.05, 0) is 69.1 Å². The fourth-order valence-electron chi connectivity index (χ4n) is 7.24. The Labute approximate surface area is 168 Å². The molecule has 0 aromatic carbocycles. The quantitative estimate of drug-likeness (QED) is 0.777. The standard InChI is InChI=1S/C22H35N3O3/c26-20(23-3-5-24-6-8-28-9-7-24)19-2-1-4-25(19)21(27)22-13-16-10-17(14-22)12-18(11-16)15-22/h16-19H,1-15H2,(H,23,26). The Bertz CT molecular complexity index is 581. The maximum Gasteiger partial charge on any atom is 0.242 e. The van der Waals surface area contributed by atoms with Crippen LogP contribution in [-0.2, 0) is 14.3 Å². The maximum absolute atomic E-state index is 13.7. The van der Waals surface area contributed by atoms with Crippen LogP contribution in [0.4, 0.5) is 0 Å². The van der Waals surface area contributed by atoms with Gasteiger partial charge in [-0.3, -0.25) is 14.5 Å². The van der Waals surface area contributed by atoms with Crippen LogP contribution in [0.25, 0.3) is 0 Å². The Hall–Kier alpha value is -1.14. The van der Waals surface area contributed by atoms with Crippen LogP contribution in [0.5, 0.6) is 0 Å². The minimum Gasteiger partial charge on any atom is -0.379 e. The molecule has 2 saturated heterocycles. The number of ether oxygens (including phenoxy) is 1. The molecule has 1 unspecified atom stereocenters. The highest BCUT2D eigenvalue weighted by molar-refractivity contribution is 5.91. The van der Waals surface area contributed by atoms with Crippen LogP contribution < -0.4 is 5.32 Å². The second-order valence-electron chi connectivity index (χ2n) is 10.1. The van der Waals surface area contributed by atoms with Gasteiger partial charge in [0, 0.05) is 32.7 Å². The number of carbonyl (C=O) groups is 2. The van der Waals surface area contributed by atoms with Crippen molar-refractivity contribution in [1.29, 1.82) is 0 Å². The summed E-state index contributed by atoms with van der Waals surface area (Å²) in [4.78, 5) is 30.8. The molecule has 156 valence electrons. The zero-order chi connectivity index (χ0) is 19.1. The molecule has 0 radical (unpaired) electrons. The Morgan fingerprint density at radius 2 is 1.61 bits per heavy atom. The molecule has 2 heterocycles. The predicted molar refractivity (Wildman–Crippen MR) is 106 cm³/mol. The normalized spacial score (nSPS) is 40.1. The van der Waals surface area contributed by atoms with Crippen LogP contribution in [0.2, 0.25) is 0 Å². The van der Waals surface area contributed by atoms with Gasteiger partial charge in [0.05, 0.1) is 18.6 Å². The third-order valence-electron chi connectivity index (χ3n) is 8.14. The third kappa shape index (κ3) is 3.47. The van der Waals surface area contributed by atoms with Crippen molar-refractivity contribution in [3.05, 3.63) is 0 Å². The molecule has 1 N–H and O–H groups in total. The van der Waals surface area contributed by atoms with Gasteiger partial charge < -0.3 is 15.0 Å². The molecule has 6 rings (SSSR count). The summed E-state index contributed by atoms with van der Waals surface area (Å²) in [7, 11) is 0. The highest BCUT2D eigenvalue weighted by atomic mass is 16.5. The number of hydrogen-bond donors (Lipinski definition) is 1. The zero-order valence-corrected chi connectivity index (χ0v) is 17.0. The van der Waals surface area contributed by atoms with E-state index in [4.69, 9.17) is 4.74 Å². The van der Waals surface area contributed by atoms with Gasteiger partial charge in [0.15, 0.2) is 0 Å². The lowest BCUT2D eigenvalue weighted by Gasteiger charge is -2.56. The molecule has 0 aromatic rings. The summed E-state index contributed by atoms with van der Waals surface area (Å²) >= 11 is 0. The number of rotatable bonds is 5. The van der Waals surface area contributed by atoms with Gasteiger partial charge in [0.1, 0.15) is 6.04 Å². The number of nitrogens with zero attached hydrogens (tertiary/aromatic N) is 2. The largest absolute Gasteiger partial charge is 0.379 e. The van der Waals surface area contributed by atoms with E-state index in [0.717, 1.165) is 89.3 Å². The molecule has 2 amide bonds. The highest BCUT2D eigenvalue weighted by Gasteiger charge is 2.56. The number of carbonyl (C=O) groups excluding carboxylic acids is 2. The molecular formula is C22H35N3O3. The van der Waals surface area contributed by atoms with Crippen LogP contribution in [0.1, 0.15) is 51.4 Å². The second kappa shape index (κ2) is 7.60. The molecule has 4 saturated carbocycles. The predicted octanol–water partition coefficient (Wildman–Crippen LogP) is 1.64. The summed E-state index contributed by atoms with van der Waals surface area (Å²) in [5.41, 5.74) is -0.134. The van der Waals surface area contributed by atoms with E-state index >= 15 is 0 Å². The van der Waals surface area contributed by atoms with E-state index in [1.54, 1.807) is 0 Å². The molecule has 6 aliphatic rings. The topological polar surface area (TPSA) is 61.9 Å². The summed E-state index contributed by atoms with van der Waals surface area (Å²) in [6.07, 6.45) is 9.06. The first-order valence-electron chi connectivity index (χ1n) is 11.5. The Morgan fingerprint density at radius 1 is 0.964 bits per heavy atom. The van der Waals surface area contributed by atoms with E-state index in [1.807, 2.05) is 4.90 Å². The van der Waals surface area contributed by atoms with E-state index in [2.05, 4.69) is 10.2 Å². The van der Waals surface area contributed by atoms with Crippen molar-refractivity contribution in [2.45, 2.75) is 57.4 Å². The van der Waals surface area contributed by atoms with Crippen molar-refractivity contribution >= 4 is 11.8 Å². The second-order valence-corrected chi connectivity index (χ2v) is 10.1. The van der Waals surface area contributed by atoms with Crippen LogP contribution in [0.15, 0.2) is 0 Å². The lowest BCUT2D eigenvalue weighted by Crippen LogP contribution is -2.57. The molecule has 6 nitrogen and oxygen atoms in total. The van der Waals surface area contributed by atoms with Gasteiger partial charge in [0.2, 0.25) is 11.8 Å². The number of morpholine rings is 1. The first-order chi connectivity index (χ1) is 13.6. The van der Waals surface area contributed by atoms with Crippen LogP contribution >= 0.6 is 0 Å². The van der Waals surface area contributed by atoms with Crippen molar-refractivity contribution in [3.8, 4) is 0 Å². The van der Waals surface area contributed by atoms with Gasteiger partial charge in [0.25, 0.3) is 0 Å². The molecule has 0 spiro atoms. The summed E-state index contributed by atoms with van der Waals surface area (Å²) in [5, 5.41) is 3.12. The third-order valence-corrected chi connectivity index (χ3v) is 8.14. The molecule has 1 atom stereocenters. The van der Waals surface area contributed by atoms with E-state index in [1.165, 1.54) is 19.3 Å². The molecule has 2 aliphatic heterocycles. The van der Waals surface area contributed by atoms with Gasteiger partial charge in [-0.2, -0.15) is 0 Å². The SMILES string of the molecule is O=C(NCCN1CCOCC1)C1CCCN1C(=O)C12CC3CC(CC(C3)C1)C2. The van der Waals surface area contributed by atoms with Crippen molar-refractivity contribution in [2.75, 3.05) is 45.9 Å². The monoisotopic (exact) mass is 389 g/mol. The smallest absolute Gasteiger partial charge is 0.242 e. The van der Waals surface area contributed by atoms with E-state index in [0.29, 0.717) is 12.5 Å². The van der Waals surface area contributed by atoms with Crippen molar-refractivity contribution < 1.29 is 14.3 Å². The molecule has 28 heavy (non-hydrogen) atoms. The first-order valence-corrected chi connectivity index (χ1v) is 11.5. The Balaban J connectivity index is 1.19. The van der Waals surface area contributed by atoms with Crippen LogP contribution in [-0.4, -0.2) is 73.6 Å². The average Bonchev–Trinajstić information content (AvgIpc) is 3.17. The lowest BCUT2D eigenvalue weighted by atomic mass is 9.49. The van der Waals surface area contributed by atoms with Crippen molar-refractivity contribution in [2.24, 2.45) is 23.2 Å². The molecule has 6 fully saturated rings. The Morgan fingerprint density at radius 3 is 2.25 bits per heavy atom. The molecular weight excluding hydrogens is 354 g/mol. The van der Waals surface area contributed by atoms with E-state index in [9.17, 15) is 9.59 Å². The number of likely N-dealkylation sites (tertiary alicyclic amines) is 1. The van der Waals surface area contributed by atoms with Crippen molar-refractivity contribution in [1.82, 2.24) is 15.1 Å². The van der Waals surface area contributed by atoms with Crippen LogP contribution in [0, 0.1) is 23.2 Å². The number of hydrogen-bond acceptors (Lipinski definition) is 4. The summed E-state index contributed by atoms with van der Waals surface area (Å²) in [6.45, 7) is 5.74. The van der Waals surface area contributed by atoms with Gasteiger partial charge in [-0.15, -0.1) is 0 Å². The van der Waals surface area contributed by atoms with E-state index < -0.39 is 0 Å². The molecule has 0 aromatic heterocycles. The number of amides is 2. The minimum absolute atomic E-state index is 0.0591. The van der Waals surface area contributed by atoms with Gasteiger partial charge in [-0.1, -0.05) is 0 Å². The lowest BCUT2D eigenvalue weighted by molar-refractivity contribution is -0.160. The van der Waals surface area contributed by atoms with Crippen molar-refractivity contribution in [3.63, 3.8) is 0 Å². The fourth-order valence-corrected chi connectivity index (χ4v) is 7.24. The number of nitrogens with one attached hydrogen (secondary N) is 1. The summed E-state index contributed by atoms with van der Waals surface area (Å²) in [6, 6.07) is -0.245. The zero-order valence-electron chi connectivity index (χ0n) is 17.0. The maximum atomic E-state index is 13.7. The summed E-state index contributed by atoms with van der Waals surface area (Å²) < 4.78 is 5.38. The average molecular weight is 390 g/mol. The molecule has 4 bridgehead atoms. The van der Waals surface area contributed by atoms with Crippen LogP contribution in [0.3, 0.4) is 0 Å². The summed E-state index contributed by atoms with van der Waals surface area (Å²) in [5.74, 6) is 2.66. The molecule has 4 aliphatic carbocycles.